The normalized spacial score (nSPS) is 21.8. The van der Waals surface area contributed by atoms with E-state index in [1.54, 1.807) is 30.3 Å². The molecule has 5 amide bonds. The Morgan fingerprint density at radius 3 is 2.42 bits per heavy atom. The number of nitrogens with one attached hydrogen (secondary N) is 2. The van der Waals surface area contributed by atoms with Crippen molar-refractivity contribution in [2.75, 3.05) is 31.6 Å². The molecule has 3 saturated heterocycles. The summed E-state index contributed by atoms with van der Waals surface area (Å²) >= 11 is 11.9. The highest BCUT2D eigenvalue weighted by atomic mass is 35.5. The van der Waals surface area contributed by atoms with Crippen LogP contribution in [0.5, 0.6) is 5.75 Å². The maximum atomic E-state index is 14.6. The number of aryl methyl sites for hydroxylation is 1. The average Bonchev–Trinajstić information content (AvgIpc) is 4.18. The average molecular weight is 1100 g/mol. The van der Waals surface area contributed by atoms with Crippen LogP contribution in [-0.2, 0) is 36.6 Å². The minimum atomic E-state index is -4.92. The van der Waals surface area contributed by atoms with Crippen LogP contribution in [0.3, 0.4) is 0 Å². The van der Waals surface area contributed by atoms with Gasteiger partial charge in [-0.15, -0.1) is 5.10 Å². The van der Waals surface area contributed by atoms with Gasteiger partial charge in [0.25, 0.3) is 11.8 Å². The number of alkyl halides is 3. The number of fused-ring (bicyclic) bond motifs is 1. The zero-order valence-corrected chi connectivity index (χ0v) is 40.9. The molecule has 6 heterocycles. The highest BCUT2D eigenvalue weighted by molar-refractivity contribution is 6.31. The van der Waals surface area contributed by atoms with Crippen LogP contribution in [0.25, 0.3) is 16.9 Å². The van der Waals surface area contributed by atoms with Crippen molar-refractivity contribution < 1.29 is 70.3 Å². The van der Waals surface area contributed by atoms with Gasteiger partial charge >= 0.3 is 6.18 Å². The molecule has 1 unspecified atom stereocenters. The number of carbonyl (C=O) groups excluding carboxylic acids is 5. The van der Waals surface area contributed by atoms with Gasteiger partial charge in [-0.25, -0.2) is 23.1 Å². The molecule has 0 bridgehead atoms. The molecule has 4 aromatic carbocycles. The van der Waals surface area contributed by atoms with Gasteiger partial charge in [-0.1, -0.05) is 28.4 Å². The van der Waals surface area contributed by atoms with Crippen LogP contribution >= 0.6 is 23.2 Å². The predicted octanol–water partition coefficient (Wildman–Crippen LogP) is 5.16. The number of rotatable bonds is 13. The molecule has 4 aliphatic rings. The number of carbonyl (C=O) groups is 5. The third-order valence-corrected chi connectivity index (χ3v) is 13.8. The van der Waals surface area contributed by atoms with E-state index >= 15 is 0 Å². The fourth-order valence-corrected chi connectivity index (χ4v) is 9.75. The number of anilines is 1. The first kappa shape index (κ1) is 52.0. The summed E-state index contributed by atoms with van der Waals surface area (Å²) in [6.07, 6.45) is -10.3. The number of nitrogens with zero attached hydrogens (tertiary/aromatic N) is 8. The van der Waals surface area contributed by atoms with Gasteiger partial charge in [0.1, 0.15) is 83.1 Å². The van der Waals surface area contributed by atoms with Gasteiger partial charge in [0.15, 0.2) is 5.82 Å². The predicted molar refractivity (Wildman–Crippen MR) is 254 cm³/mol. The maximum absolute atomic E-state index is 14.6. The van der Waals surface area contributed by atoms with Crippen LogP contribution in [0.2, 0.25) is 10.0 Å². The zero-order valence-electron chi connectivity index (χ0n) is 39.4. The molecule has 76 heavy (non-hydrogen) atoms. The lowest BCUT2D eigenvalue weighted by Crippen LogP contribution is -2.58. The Hall–Kier alpha value is -7.42. The van der Waals surface area contributed by atoms with E-state index in [4.69, 9.17) is 37.4 Å². The van der Waals surface area contributed by atoms with Gasteiger partial charge in [-0.05, 0) is 91.7 Å². The molecule has 20 nitrogen and oxygen atoms in total. The summed E-state index contributed by atoms with van der Waals surface area (Å²) in [4.78, 5) is 71.4. The molecular weight excluding hydrogens is 1050 g/mol. The van der Waals surface area contributed by atoms with Gasteiger partial charge in [-0.3, -0.25) is 29.3 Å². The van der Waals surface area contributed by atoms with E-state index in [1.165, 1.54) is 35.1 Å². The molecule has 4 N–H and O–H groups in total. The zero-order chi connectivity index (χ0) is 53.9. The second-order valence-electron chi connectivity index (χ2n) is 18.2. The molecule has 3 fully saturated rings. The third kappa shape index (κ3) is 10.2. The van der Waals surface area contributed by atoms with Crippen molar-refractivity contribution in [3.05, 3.63) is 135 Å². The number of aliphatic hydroxyl groups excluding tert-OH is 2. The third-order valence-electron chi connectivity index (χ3n) is 13.2. The van der Waals surface area contributed by atoms with Crippen LogP contribution < -0.4 is 15.4 Å². The standard InChI is InChI=1S/C49H41Cl2F5N10O10/c1-22-57-45(66(61-22)36-15-26(50)4-9-31(36)49(54,55)56)44-43(41(42(70)37(20-67)76-44)65-19-34(60-62-65)24-13-32(52)40(51)33(53)14-24)74-21-39(69)63-17-29(18-63)75-28-6-2-23(3-7-28)46(71)58-27-5-8-30-25(12-27)16-64(48(30)73)35-10-11-38(68)59-47(35)72/h2-9,12-15,19,29,35,37,41-44,67,70H,10-11,16-18,20-21H2,1H3,(H,58,71)(H,59,68,72)/t35?,37-,41+,42+,43-,44-/m1/s1. The topological polar surface area (TPSA) is 245 Å². The van der Waals surface area contributed by atoms with Crippen LogP contribution in [0, 0.1) is 18.6 Å². The monoisotopic (exact) mass is 1090 g/mol. The molecule has 6 atom stereocenters. The van der Waals surface area contributed by atoms with E-state index in [-0.39, 0.29) is 71.9 Å². The second kappa shape index (κ2) is 20.6. The Morgan fingerprint density at radius 2 is 1.72 bits per heavy atom. The number of halogens is 7. The smallest absolute Gasteiger partial charge is 0.418 e. The number of ether oxygens (including phenoxy) is 3. The number of hydrogen-bond acceptors (Lipinski definition) is 14. The lowest BCUT2D eigenvalue weighted by Gasteiger charge is -2.44. The van der Waals surface area contributed by atoms with Crippen LogP contribution in [-0.4, -0.2) is 136 Å². The molecule has 0 spiro atoms. The Bertz CT molecular complexity index is 3280. The van der Waals surface area contributed by atoms with Gasteiger partial charge in [0.2, 0.25) is 17.7 Å². The molecule has 6 aromatic rings. The Balaban J connectivity index is 0.829. The summed E-state index contributed by atoms with van der Waals surface area (Å²) in [7, 11) is 0. The first-order valence-corrected chi connectivity index (χ1v) is 24.1. The number of piperidine rings is 1. The molecule has 0 saturated carbocycles. The maximum Gasteiger partial charge on any atom is 0.418 e. The first-order chi connectivity index (χ1) is 36.2. The fraction of sp³-hybridized carbons (Fsp3) is 0.327. The molecule has 10 rings (SSSR count). The van der Waals surface area contributed by atoms with Crippen LogP contribution in [0.15, 0.2) is 79.0 Å². The minimum absolute atomic E-state index is 0.0403. The van der Waals surface area contributed by atoms with Crippen molar-refractivity contribution in [1.82, 2.24) is 44.9 Å². The highest BCUT2D eigenvalue weighted by Gasteiger charge is 2.51. The number of imide groups is 1. The molecule has 4 aliphatic heterocycles. The van der Waals surface area contributed by atoms with Crippen molar-refractivity contribution >= 4 is 58.4 Å². The van der Waals surface area contributed by atoms with Crippen molar-refractivity contribution in [3.63, 3.8) is 0 Å². The number of aromatic nitrogens is 6. The van der Waals surface area contributed by atoms with Crippen molar-refractivity contribution in [2.24, 2.45) is 0 Å². The van der Waals surface area contributed by atoms with Crippen molar-refractivity contribution in [1.29, 1.82) is 0 Å². The lowest BCUT2D eigenvalue weighted by molar-refractivity contribution is -0.225. The summed E-state index contributed by atoms with van der Waals surface area (Å²) in [5.41, 5.74) is -0.278. The first-order valence-electron chi connectivity index (χ1n) is 23.3. The fourth-order valence-electron chi connectivity index (χ4n) is 9.47. The van der Waals surface area contributed by atoms with E-state index in [2.05, 4.69) is 31.0 Å². The Labute approximate surface area is 436 Å². The number of likely N-dealkylation sites (tertiary alicyclic amines) is 1. The van der Waals surface area contributed by atoms with Crippen LogP contribution in [0.4, 0.5) is 27.6 Å². The highest BCUT2D eigenvalue weighted by Crippen LogP contribution is 2.43. The van der Waals surface area contributed by atoms with Gasteiger partial charge in [0, 0.05) is 40.4 Å². The van der Waals surface area contributed by atoms with E-state index in [0.717, 1.165) is 39.7 Å². The molecule has 27 heteroatoms. The SMILES string of the molecule is Cc1nc([C@@H]2O[C@H](CO)[C@H](O)[C@H](n3cc(-c4cc(F)c(Cl)c(F)c4)nn3)[C@H]2OCC(=O)N2CC(Oc3ccc(C(=O)Nc4ccc5c(c4)CN(C4CCC(=O)NC4=O)C5=O)cc3)C2)n(-c2cc(Cl)ccc2C(F)(F)F)n1. The number of amides is 5. The molecule has 396 valence electrons. The van der Waals surface area contributed by atoms with Crippen LogP contribution in [0.1, 0.15) is 68.5 Å². The lowest BCUT2D eigenvalue weighted by atomic mass is 9.91. The number of benzene rings is 4. The number of hydrogen-bond donors (Lipinski definition) is 4. The van der Waals surface area contributed by atoms with E-state index in [9.17, 15) is 56.1 Å². The Morgan fingerprint density at radius 1 is 0.987 bits per heavy atom. The van der Waals surface area contributed by atoms with E-state index in [1.807, 2.05) is 0 Å². The van der Waals surface area contributed by atoms with E-state index in [0.29, 0.717) is 22.6 Å². The minimum Gasteiger partial charge on any atom is -0.487 e. The Kier molecular flexibility index (Phi) is 14.1. The van der Waals surface area contributed by atoms with Gasteiger partial charge < -0.3 is 39.5 Å². The van der Waals surface area contributed by atoms with Crippen molar-refractivity contribution in [2.45, 2.75) is 75.1 Å². The largest absolute Gasteiger partial charge is 0.487 e. The van der Waals surface area contributed by atoms with E-state index < -0.39 is 114 Å². The summed E-state index contributed by atoms with van der Waals surface area (Å²) in [5.74, 6) is -4.55. The molecular formula is C49H41Cl2F5N10O10. The summed E-state index contributed by atoms with van der Waals surface area (Å²) in [6.45, 7) is 0.0765. The van der Waals surface area contributed by atoms with Crippen molar-refractivity contribution in [3.8, 4) is 22.7 Å². The molecule has 0 aliphatic carbocycles. The van der Waals surface area contributed by atoms with Gasteiger partial charge in [0.05, 0.1) is 37.1 Å². The summed E-state index contributed by atoms with van der Waals surface area (Å²) in [5, 5.41) is 38.7. The second-order valence-corrected chi connectivity index (χ2v) is 19.1. The van der Waals surface area contributed by atoms with Gasteiger partial charge in [-0.2, -0.15) is 18.3 Å². The number of aliphatic hydroxyl groups is 2. The summed E-state index contributed by atoms with van der Waals surface area (Å²) < 4.78 is 92.9. The summed E-state index contributed by atoms with van der Waals surface area (Å²) in [6, 6.07) is 13.3. The quantitative estimate of drug-likeness (QED) is 0.0664. The molecule has 2 aromatic heterocycles. The molecule has 0 radical (unpaired) electrons.